The van der Waals surface area contributed by atoms with E-state index in [9.17, 15) is 9.59 Å². The second-order valence-corrected chi connectivity index (χ2v) is 8.77. The average Bonchev–Trinajstić information content (AvgIpc) is 2.72. The predicted molar refractivity (Wildman–Crippen MR) is 113 cm³/mol. The molecule has 1 aliphatic heterocycles. The van der Waals surface area contributed by atoms with Gasteiger partial charge in [0.05, 0.1) is 6.04 Å². The minimum absolute atomic E-state index is 0.00279. The van der Waals surface area contributed by atoms with E-state index in [1.807, 2.05) is 37.3 Å². The third kappa shape index (κ3) is 4.82. The van der Waals surface area contributed by atoms with Crippen LogP contribution in [0.25, 0.3) is 6.08 Å². The fourth-order valence-corrected chi connectivity index (χ4v) is 4.95. The third-order valence-corrected chi connectivity index (χ3v) is 6.44. The number of morpholine rings is 1. The molecule has 0 radical (unpaired) electrons. The number of carbonyl (C=O) groups is 2. The number of rotatable bonds is 4. The Morgan fingerprint density at radius 3 is 2.69 bits per heavy atom. The number of amides is 2. The molecule has 2 unspecified atom stereocenters. The van der Waals surface area contributed by atoms with Crippen LogP contribution in [0.2, 0.25) is 0 Å². The molecule has 5 nitrogen and oxygen atoms in total. The molecule has 1 heterocycles. The Hall–Kier alpha value is -2.30. The lowest BCUT2D eigenvalue weighted by Crippen LogP contribution is -2.57. The maximum atomic E-state index is 13.3. The van der Waals surface area contributed by atoms with Gasteiger partial charge in [0.1, 0.15) is 12.6 Å². The van der Waals surface area contributed by atoms with Gasteiger partial charge in [0.25, 0.3) is 5.91 Å². The summed E-state index contributed by atoms with van der Waals surface area (Å²) in [6.07, 6.45) is 11.5. The van der Waals surface area contributed by atoms with Crippen molar-refractivity contribution in [2.45, 2.75) is 82.9 Å². The van der Waals surface area contributed by atoms with Crippen LogP contribution in [0.3, 0.4) is 0 Å². The van der Waals surface area contributed by atoms with Crippen molar-refractivity contribution in [2.24, 2.45) is 0 Å². The van der Waals surface area contributed by atoms with E-state index in [2.05, 4.69) is 5.32 Å². The van der Waals surface area contributed by atoms with Crippen LogP contribution in [0.4, 0.5) is 0 Å². The molecule has 2 saturated carbocycles. The number of hydrogen-bond donors (Lipinski definition) is 1. The van der Waals surface area contributed by atoms with Gasteiger partial charge < -0.3 is 15.0 Å². The first-order valence-corrected chi connectivity index (χ1v) is 11.2. The van der Waals surface area contributed by atoms with Crippen LogP contribution in [-0.4, -0.2) is 41.4 Å². The number of hydrogen-bond acceptors (Lipinski definition) is 3. The highest BCUT2D eigenvalue weighted by atomic mass is 16.5. The Labute approximate surface area is 173 Å². The van der Waals surface area contributed by atoms with Gasteiger partial charge in [0.15, 0.2) is 5.76 Å². The zero-order valence-electron chi connectivity index (χ0n) is 17.4. The molecule has 4 rings (SSSR count). The lowest BCUT2D eigenvalue weighted by atomic mass is 9.89. The van der Waals surface area contributed by atoms with Crippen LogP contribution in [0.5, 0.6) is 0 Å². The number of aryl methyl sites for hydroxylation is 1. The van der Waals surface area contributed by atoms with Gasteiger partial charge in [-0.15, -0.1) is 0 Å². The molecule has 156 valence electrons. The summed E-state index contributed by atoms with van der Waals surface area (Å²) in [6.45, 7) is 2.16. The molecule has 0 bridgehead atoms. The fraction of sp³-hybridized carbons (Fsp3) is 0.583. The van der Waals surface area contributed by atoms with Gasteiger partial charge in [0.2, 0.25) is 5.91 Å². The highest BCUT2D eigenvalue weighted by molar-refractivity contribution is 5.98. The zero-order chi connectivity index (χ0) is 20.2. The van der Waals surface area contributed by atoms with Gasteiger partial charge >= 0.3 is 0 Å². The molecule has 2 amide bonds. The summed E-state index contributed by atoms with van der Waals surface area (Å²) in [5.41, 5.74) is 2.09. The molecule has 1 aromatic carbocycles. The first-order valence-electron chi connectivity index (χ1n) is 11.2. The molecular formula is C24H32N2O3. The Bertz CT molecular complexity index is 782. The predicted octanol–water partition coefficient (Wildman–Crippen LogP) is 3.95. The van der Waals surface area contributed by atoms with E-state index < -0.39 is 0 Å². The first kappa shape index (κ1) is 20.0. The Morgan fingerprint density at radius 2 is 1.90 bits per heavy atom. The summed E-state index contributed by atoms with van der Waals surface area (Å²) in [5, 5.41) is 3.16. The molecule has 1 saturated heterocycles. The number of benzene rings is 1. The average molecular weight is 397 g/mol. The maximum Gasteiger partial charge on any atom is 0.289 e. The lowest BCUT2D eigenvalue weighted by Gasteiger charge is -2.44. The number of carbonyl (C=O) groups excluding carboxylic acids is 2. The molecule has 5 heteroatoms. The normalized spacial score (nSPS) is 26.7. The monoisotopic (exact) mass is 396 g/mol. The lowest BCUT2D eigenvalue weighted by molar-refractivity contribution is -0.152. The van der Waals surface area contributed by atoms with E-state index in [0.717, 1.165) is 49.7 Å². The van der Waals surface area contributed by atoms with Crippen LogP contribution in [-0.2, 0) is 14.3 Å². The molecule has 3 aliphatic rings. The summed E-state index contributed by atoms with van der Waals surface area (Å²) < 4.78 is 6.15. The Morgan fingerprint density at radius 1 is 1.14 bits per heavy atom. The van der Waals surface area contributed by atoms with Crippen molar-refractivity contribution in [1.82, 2.24) is 10.2 Å². The molecule has 1 aromatic rings. The summed E-state index contributed by atoms with van der Waals surface area (Å²) in [6, 6.07) is 8.29. The van der Waals surface area contributed by atoms with Crippen molar-refractivity contribution < 1.29 is 14.3 Å². The molecule has 29 heavy (non-hydrogen) atoms. The highest BCUT2D eigenvalue weighted by Crippen LogP contribution is 2.33. The van der Waals surface area contributed by atoms with E-state index in [1.54, 1.807) is 4.90 Å². The number of nitrogens with one attached hydrogen (secondary N) is 1. The van der Waals surface area contributed by atoms with Gasteiger partial charge in [-0.25, -0.2) is 0 Å². The molecular weight excluding hydrogens is 364 g/mol. The van der Waals surface area contributed by atoms with Gasteiger partial charge in [0, 0.05) is 6.04 Å². The highest BCUT2D eigenvalue weighted by Gasteiger charge is 2.42. The zero-order valence-corrected chi connectivity index (χ0v) is 17.4. The molecule has 0 spiro atoms. The van der Waals surface area contributed by atoms with E-state index in [4.69, 9.17) is 4.74 Å². The SMILES string of the molecule is Cc1cccc(/C=C2/OC3CCCCC3N(CC(=O)NC3CCCCC3)C2=O)c1. The molecule has 3 fully saturated rings. The van der Waals surface area contributed by atoms with Crippen molar-refractivity contribution in [3.05, 3.63) is 41.2 Å². The van der Waals surface area contributed by atoms with Gasteiger partial charge in [-0.05, 0) is 50.7 Å². The Kier molecular flexibility index (Phi) is 6.22. The standard InChI is InChI=1S/C24H32N2O3/c1-17-8-7-9-18(14-17)15-22-24(28)26(20-12-5-6-13-21(20)29-22)16-23(27)25-19-10-3-2-4-11-19/h7-9,14-15,19-21H,2-6,10-13,16H2,1H3,(H,25,27)/b22-15+. The molecule has 1 N–H and O–H groups in total. The van der Waals surface area contributed by atoms with Gasteiger partial charge in [-0.1, -0.05) is 55.5 Å². The quantitative estimate of drug-likeness (QED) is 0.784. The van der Waals surface area contributed by atoms with Crippen LogP contribution >= 0.6 is 0 Å². The largest absolute Gasteiger partial charge is 0.482 e. The van der Waals surface area contributed by atoms with Crippen LogP contribution < -0.4 is 5.32 Å². The van der Waals surface area contributed by atoms with Crippen molar-refractivity contribution in [3.8, 4) is 0 Å². The number of ether oxygens (including phenoxy) is 1. The van der Waals surface area contributed by atoms with Crippen molar-refractivity contribution in [3.63, 3.8) is 0 Å². The summed E-state index contributed by atoms with van der Waals surface area (Å²) in [4.78, 5) is 27.8. The maximum absolute atomic E-state index is 13.3. The molecule has 2 atom stereocenters. The summed E-state index contributed by atoms with van der Waals surface area (Å²) >= 11 is 0. The Balaban J connectivity index is 1.51. The number of fused-ring (bicyclic) bond motifs is 1. The smallest absolute Gasteiger partial charge is 0.289 e. The molecule has 2 aliphatic carbocycles. The second kappa shape index (κ2) is 9.02. The topological polar surface area (TPSA) is 58.6 Å². The minimum atomic E-state index is -0.159. The van der Waals surface area contributed by atoms with Crippen molar-refractivity contribution in [1.29, 1.82) is 0 Å². The van der Waals surface area contributed by atoms with E-state index in [1.165, 1.54) is 19.3 Å². The minimum Gasteiger partial charge on any atom is -0.482 e. The first-order chi connectivity index (χ1) is 14.1. The summed E-state index contributed by atoms with van der Waals surface area (Å²) in [7, 11) is 0. The van der Waals surface area contributed by atoms with Crippen molar-refractivity contribution >= 4 is 17.9 Å². The van der Waals surface area contributed by atoms with Gasteiger partial charge in [-0.3, -0.25) is 9.59 Å². The van der Waals surface area contributed by atoms with Gasteiger partial charge in [-0.2, -0.15) is 0 Å². The second-order valence-electron chi connectivity index (χ2n) is 8.77. The van der Waals surface area contributed by atoms with E-state index >= 15 is 0 Å². The molecule has 0 aromatic heterocycles. The summed E-state index contributed by atoms with van der Waals surface area (Å²) in [5.74, 6) is 0.170. The number of nitrogens with zero attached hydrogens (tertiary/aromatic N) is 1. The van der Waals surface area contributed by atoms with Crippen molar-refractivity contribution in [2.75, 3.05) is 6.54 Å². The van der Waals surface area contributed by atoms with Crippen LogP contribution in [0, 0.1) is 6.92 Å². The van der Waals surface area contributed by atoms with E-state index in [-0.39, 0.29) is 36.5 Å². The van der Waals surface area contributed by atoms with Crippen LogP contribution in [0.15, 0.2) is 30.0 Å². The fourth-order valence-electron chi connectivity index (χ4n) is 4.95. The third-order valence-electron chi connectivity index (χ3n) is 6.44. The van der Waals surface area contributed by atoms with E-state index in [0.29, 0.717) is 5.76 Å². The van der Waals surface area contributed by atoms with Crippen LogP contribution in [0.1, 0.15) is 68.9 Å².